The zero-order chi connectivity index (χ0) is 17.4. The maximum Gasteiger partial charge on any atom is 0.398 e. The maximum absolute atomic E-state index is 12.6. The molecule has 0 saturated heterocycles. The SMILES string of the molecule is CCC(C)(C1CCCCC1)C(CSc1ccccc1)C(=O)OP=O. The number of hydrogen-bond acceptors (Lipinski definition) is 4. The molecular weight excluding hydrogens is 339 g/mol. The van der Waals surface area contributed by atoms with Crippen LogP contribution in [0.25, 0.3) is 0 Å². The van der Waals surface area contributed by atoms with Gasteiger partial charge >= 0.3 is 14.7 Å². The second-order valence-corrected chi connectivity index (χ2v) is 8.28. The topological polar surface area (TPSA) is 43.4 Å². The van der Waals surface area contributed by atoms with Crippen LogP contribution in [0.5, 0.6) is 0 Å². The third-order valence-corrected chi connectivity index (χ3v) is 7.03. The molecule has 0 N–H and O–H groups in total. The van der Waals surface area contributed by atoms with Crippen molar-refractivity contribution in [3.8, 4) is 0 Å². The van der Waals surface area contributed by atoms with Crippen molar-refractivity contribution >= 4 is 26.4 Å². The minimum Gasteiger partial charge on any atom is -0.373 e. The molecule has 0 radical (unpaired) electrons. The first-order chi connectivity index (χ1) is 11.6. The first-order valence-corrected chi connectivity index (χ1v) is 10.5. The van der Waals surface area contributed by atoms with E-state index in [1.807, 2.05) is 18.2 Å². The number of carbonyl (C=O) groups is 1. The Labute approximate surface area is 151 Å². The minimum absolute atomic E-state index is 0.107. The average molecular weight is 366 g/mol. The summed E-state index contributed by atoms with van der Waals surface area (Å²) in [6, 6.07) is 10.1. The third kappa shape index (κ3) is 4.83. The lowest BCUT2D eigenvalue weighted by atomic mass is 9.62. The average Bonchev–Trinajstić information content (AvgIpc) is 2.63. The van der Waals surface area contributed by atoms with E-state index in [-0.39, 0.29) is 17.3 Å². The van der Waals surface area contributed by atoms with Gasteiger partial charge in [-0.1, -0.05) is 51.3 Å². The van der Waals surface area contributed by atoms with Gasteiger partial charge in [0.1, 0.15) is 0 Å². The van der Waals surface area contributed by atoms with Gasteiger partial charge in [0.2, 0.25) is 0 Å². The normalized spacial score (nSPS) is 19.6. The van der Waals surface area contributed by atoms with Gasteiger partial charge in [0.15, 0.2) is 0 Å². The number of hydrogen-bond donors (Lipinski definition) is 0. The molecule has 0 amide bonds. The van der Waals surface area contributed by atoms with Gasteiger partial charge in [-0.3, -0.25) is 4.79 Å². The van der Waals surface area contributed by atoms with E-state index in [1.54, 1.807) is 11.8 Å². The van der Waals surface area contributed by atoms with Gasteiger partial charge in [-0.25, -0.2) is 4.57 Å². The first-order valence-electron chi connectivity index (χ1n) is 8.83. The van der Waals surface area contributed by atoms with Crippen LogP contribution in [0.3, 0.4) is 0 Å². The van der Waals surface area contributed by atoms with Crippen molar-refractivity contribution in [1.82, 2.24) is 0 Å². The van der Waals surface area contributed by atoms with E-state index in [0.29, 0.717) is 11.7 Å². The quantitative estimate of drug-likeness (QED) is 0.409. The minimum atomic E-state index is -0.547. The van der Waals surface area contributed by atoms with Crippen molar-refractivity contribution in [2.75, 3.05) is 5.75 Å². The monoisotopic (exact) mass is 366 g/mol. The van der Waals surface area contributed by atoms with E-state index in [2.05, 4.69) is 26.0 Å². The highest BCUT2D eigenvalue weighted by Gasteiger charge is 2.44. The van der Waals surface area contributed by atoms with E-state index < -0.39 is 8.69 Å². The van der Waals surface area contributed by atoms with E-state index in [4.69, 9.17) is 4.52 Å². The van der Waals surface area contributed by atoms with Gasteiger partial charge in [-0.05, 0) is 42.7 Å². The second kappa shape index (κ2) is 9.58. The predicted octanol–water partition coefficient (Wildman–Crippen LogP) is 6.14. The molecule has 5 heteroatoms. The number of rotatable bonds is 8. The molecule has 2 rings (SSSR count). The molecule has 1 saturated carbocycles. The molecule has 0 aromatic heterocycles. The maximum atomic E-state index is 12.6. The molecule has 0 spiro atoms. The molecule has 0 bridgehead atoms. The van der Waals surface area contributed by atoms with E-state index in [0.717, 1.165) is 11.3 Å². The highest BCUT2D eigenvalue weighted by atomic mass is 32.2. The molecule has 3 nitrogen and oxygen atoms in total. The van der Waals surface area contributed by atoms with E-state index >= 15 is 0 Å². The molecule has 0 aliphatic heterocycles. The van der Waals surface area contributed by atoms with Crippen molar-refractivity contribution in [3.63, 3.8) is 0 Å². The van der Waals surface area contributed by atoms with Crippen LogP contribution in [-0.4, -0.2) is 11.7 Å². The summed E-state index contributed by atoms with van der Waals surface area (Å²) in [5, 5.41) is 0. The fourth-order valence-corrected chi connectivity index (χ4v) is 5.33. The van der Waals surface area contributed by atoms with Crippen LogP contribution in [0.4, 0.5) is 0 Å². The van der Waals surface area contributed by atoms with Crippen molar-refractivity contribution < 1.29 is 13.9 Å². The highest BCUT2D eigenvalue weighted by molar-refractivity contribution is 7.99. The molecule has 2 atom stereocenters. The van der Waals surface area contributed by atoms with E-state index in [9.17, 15) is 9.36 Å². The lowest BCUT2D eigenvalue weighted by molar-refractivity contribution is -0.143. The van der Waals surface area contributed by atoms with Crippen molar-refractivity contribution in [2.24, 2.45) is 17.3 Å². The molecule has 132 valence electrons. The largest absolute Gasteiger partial charge is 0.398 e. The molecule has 2 unspecified atom stereocenters. The van der Waals surface area contributed by atoms with Crippen molar-refractivity contribution in [3.05, 3.63) is 30.3 Å². The molecule has 1 aromatic carbocycles. The summed E-state index contributed by atoms with van der Waals surface area (Å²) in [5.41, 5.74) is -0.107. The van der Waals surface area contributed by atoms with Crippen LogP contribution >= 0.6 is 20.4 Å². The molecule has 1 aliphatic rings. The lowest BCUT2D eigenvalue weighted by Gasteiger charge is -2.43. The fourth-order valence-electron chi connectivity index (χ4n) is 3.91. The molecule has 1 aromatic rings. The Morgan fingerprint density at radius 1 is 1.29 bits per heavy atom. The second-order valence-electron chi connectivity index (χ2n) is 6.86. The third-order valence-electron chi connectivity index (χ3n) is 5.67. The van der Waals surface area contributed by atoms with Crippen LogP contribution in [0, 0.1) is 17.3 Å². The summed E-state index contributed by atoms with van der Waals surface area (Å²) >= 11 is 1.68. The predicted molar refractivity (Wildman–Crippen MR) is 99.3 cm³/mol. The van der Waals surface area contributed by atoms with Gasteiger partial charge in [0, 0.05) is 10.6 Å². The molecular formula is C19H27O3PS. The standard InChI is InChI=1S/C19H27O3PS/c1-3-19(2,15-10-6-4-7-11-15)17(18(20)22-23-21)14-24-16-12-8-5-9-13-16/h5,8-9,12-13,15,17H,3-4,6-7,10-11,14H2,1-2H3. The Morgan fingerprint density at radius 3 is 2.54 bits per heavy atom. The van der Waals surface area contributed by atoms with Crippen LogP contribution in [0.1, 0.15) is 52.4 Å². The van der Waals surface area contributed by atoms with Crippen molar-refractivity contribution in [2.45, 2.75) is 57.3 Å². The molecule has 24 heavy (non-hydrogen) atoms. The lowest BCUT2D eigenvalue weighted by Crippen LogP contribution is -2.41. The number of benzene rings is 1. The number of thioether (sulfide) groups is 1. The Kier molecular flexibility index (Phi) is 7.77. The Bertz CT molecular complexity index is 531. The Morgan fingerprint density at radius 2 is 1.96 bits per heavy atom. The van der Waals surface area contributed by atoms with E-state index in [1.165, 1.54) is 32.1 Å². The molecule has 0 heterocycles. The van der Waals surface area contributed by atoms with Gasteiger partial charge in [0.05, 0.1) is 5.92 Å². The van der Waals surface area contributed by atoms with Gasteiger partial charge in [-0.15, -0.1) is 11.8 Å². The van der Waals surface area contributed by atoms with Crippen LogP contribution in [0.15, 0.2) is 35.2 Å². The van der Waals surface area contributed by atoms with Gasteiger partial charge in [0.25, 0.3) is 0 Å². The Balaban J connectivity index is 2.18. The smallest absolute Gasteiger partial charge is 0.373 e. The molecule has 1 aliphatic carbocycles. The summed E-state index contributed by atoms with van der Waals surface area (Å²) in [7, 11) is -0.547. The van der Waals surface area contributed by atoms with Crippen LogP contribution in [0.2, 0.25) is 0 Å². The summed E-state index contributed by atoms with van der Waals surface area (Å²) < 4.78 is 15.7. The summed E-state index contributed by atoms with van der Waals surface area (Å²) in [6.07, 6.45) is 7.08. The van der Waals surface area contributed by atoms with Crippen molar-refractivity contribution in [1.29, 1.82) is 0 Å². The van der Waals surface area contributed by atoms with Crippen LogP contribution in [-0.2, 0) is 13.9 Å². The summed E-state index contributed by atoms with van der Waals surface area (Å²) in [6.45, 7) is 4.39. The number of carbonyl (C=O) groups excluding carboxylic acids is 1. The van der Waals surface area contributed by atoms with Gasteiger partial charge < -0.3 is 4.52 Å². The summed E-state index contributed by atoms with van der Waals surface area (Å²) in [5.74, 6) is 0.634. The Hall–Kier alpha value is -0.860. The van der Waals surface area contributed by atoms with Gasteiger partial charge in [-0.2, -0.15) is 0 Å². The highest BCUT2D eigenvalue weighted by Crippen LogP contribution is 2.48. The molecule has 1 fully saturated rings. The first kappa shape index (κ1) is 19.5. The zero-order valence-corrected chi connectivity index (χ0v) is 16.3. The fraction of sp³-hybridized carbons (Fsp3) is 0.632. The zero-order valence-electron chi connectivity index (χ0n) is 14.6. The summed E-state index contributed by atoms with van der Waals surface area (Å²) in [4.78, 5) is 13.7. The van der Waals surface area contributed by atoms with Crippen LogP contribution < -0.4 is 0 Å².